The number of halogens is 1. The molecule has 1 fully saturated rings. The average Bonchev–Trinajstić information content (AvgIpc) is 2.75. The van der Waals surface area contributed by atoms with E-state index in [1.54, 1.807) is 42.5 Å². The molecule has 9 heteroatoms. The van der Waals surface area contributed by atoms with E-state index in [9.17, 15) is 8.42 Å². The van der Waals surface area contributed by atoms with Gasteiger partial charge in [0.25, 0.3) is 10.0 Å². The highest BCUT2D eigenvalue weighted by Gasteiger charge is 2.17. The molecule has 162 valence electrons. The van der Waals surface area contributed by atoms with Crippen molar-refractivity contribution >= 4 is 44.6 Å². The molecule has 0 amide bonds. The lowest BCUT2D eigenvalue weighted by molar-refractivity contribution is 0.572. The molecule has 31 heavy (non-hydrogen) atoms. The largest absolute Gasteiger partial charge is 0.356 e. The Morgan fingerprint density at radius 3 is 2.32 bits per heavy atom. The summed E-state index contributed by atoms with van der Waals surface area (Å²) in [6, 6.07) is 15.3. The van der Waals surface area contributed by atoms with Gasteiger partial charge < -0.3 is 10.2 Å². The quantitative estimate of drug-likeness (QED) is 0.543. The van der Waals surface area contributed by atoms with Gasteiger partial charge in [-0.2, -0.15) is 0 Å². The van der Waals surface area contributed by atoms with Crippen molar-refractivity contribution in [1.29, 1.82) is 0 Å². The summed E-state index contributed by atoms with van der Waals surface area (Å²) < 4.78 is 27.7. The Morgan fingerprint density at radius 2 is 1.61 bits per heavy atom. The summed E-state index contributed by atoms with van der Waals surface area (Å²) in [7, 11) is -3.77. The molecule has 2 aromatic carbocycles. The second kappa shape index (κ2) is 9.11. The topological polar surface area (TPSA) is 87.2 Å². The van der Waals surface area contributed by atoms with E-state index in [2.05, 4.69) is 24.9 Å². The van der Waals surface area contributed by atoms with Gasteiger partial charge in [0.05, 0.1) is 5.02 Å². The minimum absolute atomic E-state index is 0.0422. The summed E-state index contributed by atoms with van der Waals surface area (Å²) >= 11 is 6.03. The lowest BCUT2D eigenvalue weighted by Crippen LogP contribution is -2.30. The summed E-state index contributed by atoms with van der Waals surface area (Å²) in [4.78, 5) is 11.4. The van der Waals surface area contributed by atoms with Crippen molar-refractivity contribution in [2.24, 2.45) is 0 Å². The normalized spacial score (nSPS) is 14.3. The maximum absolute atomic E-state index is 12.6. The fourth-order valence-electron chi connectivity index (χ4n) is 3.54. The molecule has 1 aromatic heterocycles. The number of hydrogen-bond acceptors (Lipinski definition) is 6. The molecule has 1 saturated heterocycles. The zero-order valence-corrected chi connectivity index (χ0v) is 18.7. The first-order valence-electron chi connectivity index (χ1n) is 10.2. The molecular weight excluding hydrogens is 434 g/mol. The van der Waals surface area contributed by atoms with E-state index < -0.39 is 10.0 Å². The first-order valence-corrected chi connectivity index (χ1v) is 12.0. The molecule has 0 atom stereocenters. The van der Waals surface area contributed by atoms with Crippen LogP contribution in [0.25, 0.3) is 0 Å². The number of hydrogen-bond donors (Lipinski definition) is 2. The standard InChI is InChI=1S/C22H24ClN5O2S/c1-16-24-21(15-22(25-16)28-13-5-2-6-14-28)26-17-9-11-18(12-10-17)27-31(29,30)20-8-4-3-7-19(20)23/h3-4,7-12,15,27H,2,5-6,13-14H2,1H3,(H,24,25,26). The fourth-order valence-corrected chi connectivity index (χ4v) is 5.12. The second-order valence-corrected chi connectivity index (χ2v) is 9.50. The van der Waals surface area contributed by atoms with Crippen LogP contribution >= 0.6 is 11.6 Å². The highest BCUT2D eigenvalue weighted by Crippen LogP contribution is 2.26. The van der Waals surface area contributed by atoms with Crippen molar-refractivity contribution in [1.82, 2.24) is 9.97 Å². The maximum atomic E-state index is 12.6. The smallest absolute Gasteiger partial charge is 0.263 e. The number of nitrogens with one attached hydrogen (secondary N) is 2. The molecule has 0 bridgehead atoms. The van der Waals surface area contributed by atoms with Crippen molar-refractivity contribution in [3.05, 3.63) is 65.4 Å². The van der Waals surface area contributed by atoms with E-state index in [0.717, 1.165) is 24.6 Å². The number of aromatic nitrogens is 2. The number of sulfonamides is 1. The van der Waals surface area contributed by atoms with Crippen LogP contribution in [0.3, 0.4) is 0 Å². The Labute approximate surface area is 187 Å². The van der Waals surface area contributed by atoms with Crippen molar-refractivity contribution in [2.45, 2.75) is 31.1 Å². The first-order chi connectivity index (χ1) is 14.9. The van der Waals surface area contributed by atoms with Crippen molar-refractivity contribution in [3.8, 4) is 0 Å². The third kappa shape index (κ3) is 5.26. The van der Waals surface area contributed by atoms with E-state index >= 15 is 0 Å². The van der Waals surface area contributed by atoms with Gasteiger partial charge >= 0.3 is 0 Å². The molecule has 0 saturated carbocycles. The molecule has 0 radical (unpaired) electrons. The minimum atomic E-state index is -3.77. The Bertz CT molecular complexity index is 1160. The summed E-state index contributed by atoms with van der Waals surface area (Å²) in [6.45, 7) is 3.90. The zero-order chi connectivity index (χ0) is 21.8. The van der Waals surface area contributed by atoms with Crippen LogP contribution in [0, 0.1) is 6.92 Å². The van der Waals surface area contributed by atoms with Gasteiger partial charge in [0.15, 0.2) is 0 Å². The Kier molecular flexibility index (Phi) is 6.29. The van der Waals surface area contributed by atoms with Crippen LogP contribution in [0.15, 0.2) is 59.5 Å². The average molecular weight is 458 g/mol. The lowest BCUT2D eigenvalue weighted by atomic mass is 10.1. The second-order valence-electron chi connectivity index (χ2n) is 7.44. The molecule has 0 unspecified atom stereocenters. The molecule has 7 nitrogen and oxygen atoms in total. The highest BCUT2D eigenvalue weighted by molar-refractivity contribution is 7.92. The van der Waals surface area contributed by atoms with Gasteiger partial charge in [0.2, 0.25) is 0 Å². The monoisotopic (exact) mass is 457 g/mol. The van der Waals surface area contributed by atoms with Gasteiger partial charge in [-0.15, -0.1) is 0 Å². The molecule has 0 spiro atoms. The van der Waals surface area contributed by atoms with Crippen molar-refractivity contribution in [2.75, 3.05) is 28.0 Å². The summed E-state index contributed by atoms with van der Waals surface area (Å²) in [5.41, 5.74) is 1.24. The summed E-state index contributed by atoms with van der Waals surface area (Å²) in [5, 5.41) is 3.46. The van der Waals surface area contributed by atoms with Gasteiger partial charge in [0, 0.05) is 30.5 Å². The highest BCUT2D eigenvalue weighted by atomic mass is 35.5. The molecule has 2 heterocycles. The van der Waals surface area contributed by atoms with Crippen LogP contribution in [0.4, 0.5) is 23.0 Å². The molecule has 3 aromatic rings. The number of piperidine rings is 1. The van der Waals surface area contributed by atoms with E-state index in [-0.39, 0.29) is 9.92 Å². The number of nitrogens with zero attached hydrogens (tertiary/aromatic N) is 3. The van der Waals surface area contributed by atoms with Crippen LogP contribution in [-0.2, 0) is 10.0 Å². The van der Waals surface area contributed by atoms with Gasteiger partial charge in [-0.05, 0) is 62.6 Å². The van der Waals surface area contributed by atoms with Crippen LogP contribution in [0.2, 0.25) is 5.02 Å². The maximum Gasteiger partial charge on any atom is 0.263 e. The summed E-state index contributed by atoms with van der Waals surface area (Å²) in [6.07, 6.45) is 3.62. The van der Waals surface area contributed by atoms with Gasteiger partial charge in [-0.25, -0.2) is 18.4 Å². The molecule has 1 aliphatic rings. The molecule has 0 aliphatic carbocycles. The van der Waals surface area contributed by atoms with E-state index in [1.165, 1.54) is 25.3 Å². The van der Waals surface area contributed by atoms with Gasteiger partial charge in [-0.3, -0.25) is 4.72 Å². The summed E-state index contributed by atoms with van der Waals surface area (Å²) in [5.74, 6) is 2.34. The third-order valence-electron chi connectivity index (χ3n) is 5.04. The van der Waals surface area contributed by atoms with Crippen LogP contribution in [0.5, 0.6) is 0 Å². The number of anilines is 4. The number of aryl methyl sites for hydroxylation is 1. The van der Waals surface area contributed by atoms with Crippen LogP contribution in [-0.4, -0.2) is 31.5 Å². The van der Waals surface area contributed by atoms with Crippen LogP contribution < -0.4 is 14.9 Å². The van der Waals surface area contributed by atoms with Gasteiger partial charge in [-0.1, -0.05) is 23.7 Å². The zero-order valence-electron chi connectivity index (χ0n) is 17.2. The Morgan fingerprint density at radius 1 is 0.935 bits per heavy atom. The van der Waals surface area contributed by atoms with Gasteiger partial charge in [0.1, 0.15) is 22.4 Å². The predicted molar refractivity (Wildman–Crippen MR) is 125 cm³/mol. The molecule has 4 rings (SSSR count). The predicted octanol–water partition coefficient (Wildman–Crippen LogP) is 4.97. The van der Waals surface area contributed by atoms with Crippen molar-refractivity contribution in [3.63, 3.8) is 0 Å². The molecule has 1 aliphatic heterocycles. The first kappa shape index (κ1) is 21.4. The Balaban J connectivity index is 1.48. The van der Waals surface area contributed by atoms with Crippen molar-refractivity contribution < 1.29 is 8.42 Å². The Hall–Kier alpha value is -2.84. The SMILES string of the molecule is Cc1nc(Nc2ccc(NS(=O)(=O)c3ccccc3Cl)cc2)cc(N2CCCCC2)n1. The van der Waals surface area contributed by atoms with E-state index in [4.69, 9.17) is 11.6 Å². The van der Waals surface area contributed by atoms with E-state index in [1.807, 2.05) is 13.0 Å². The molecule has 2 N–H and O–H groups in total. The van der Waals surface area contributed by atoms with Crippen LogP contribution in [0.1, 0.15) is 25.1 Å². The lowest BCUT2D eigenvalue weighted by Gasteiger charge is -2.28. The minimum Gasteiger partial charge on any atom is -0.356 e. The third-order valence-corrected chi connectivity index (χ3v) is 6.92. The molecular formula is C22H24ClN5O2S. The van der Waals surface area contributed by atoms with E-state index in [0.29, 0.717) is 17.3 Å². The number of benzene rings is 2. The number of rotatable bonds is 6. The fraction of sp³-hybridized carbons (Fsp3) is 0.273.